The van der Waals surface area contributed by atoms with Gasteiger partial charge in [-0.25, -0.2) is 4.68 Å². The van der Waals surface area contributed by atoms with Crippen molar-refractivity contribution in [1.29, 1.82) is 0 Å². The molecule has 0 amide bonds. The fourth-order valence-electron chi connectivity index (χ4n) is 3.87. The van der Waals surface area contributed by atoms with E-state index in [-0.39, 0.29) is 0 Å². The first-order chi connectivity index (χ1) is 15.3. The third-order valence-electron chi connectivity index (χ3n) is 5.34. The zero-order valence-corrected chi connectivity index (χ0v) is 16.8. The van der Waals surface area contributed by atoms with Gasteiger partial charge in [-0.1, -0.05) is 108 Å². The molecule has 4 nitrogen and oxygen atoms in total. The molecule has 4 aromatic carbocycles. The van der Waals surface area contributed by atoms with E-state index in [1.165, 1.54) is 0 Å². The molecular weight excluding hydrogens is 382 g/mol. The van der Waals surface area contributed by atoms with Crippen molar-refractivity contribution in [2.75, 3.05) is 0 Å². The molecule has 1 unspecified atom stereocenters. The number of fused-ring (bicyclic) bond motifs is 1. The molecule has 0 spiro atoms. The van der Waals surface area contributed by atoms with Crippen LogP contribution in [-0.4, -0.2) is 20.1 Å². The average molecular weight is 403 g/mol. The van der Waals surface area contributed by atoms with E-state index in [1.54, 1.807) is 0 Å². The normalized spacial score (nSPS) is 13.1. The van der Waals surface area contributed by atoms with Gasteiger partial charge in [0.05, 0.1) is 11.2 Å². The Labute approximate surface area is 180 Å². The summed E-state index contributed by atoms with van der Waals surface area (Å²) in [6.07, 6.45) is -0.846. The molecule has 150 valence electrons. The Balaban J connectivity index is 1.87. The van der Waals surface area contributed by atoms with E-state index in [2.05, 4.69) is 10.3 Å². The fourth-order valence-corrected chi connectivity index (χ4v) is 3.87. The number of aliphatic hydroxyl groups is 1. The van der Waals surface area contributed by atoms with Crippen molar-refractivity contribution in [2.45, 2.75) is 6.10 Å². The van der Waals surface area contributed by atoms with Crippen molar-refractivity contribution in [1.82, 2.24) is 15.0 Å². The minimum atomic E-state index is -0.846. The first-order valence-corrected chi connectivity index (χ1v) is 10.2. The molecule has 1 atom stereocenters. The van der Waals surface area contributed by atoms with Crippen LogP contribution in [0, 0.1) is 0 Å². The van der Waals surface area contributed by atoms with Crippen LogP contribution in [0.5, 0.6) is 0 Å². The van der Waals surface area contributed by atoms with Crippen molar-refractivity contribution in [3.05, 3.63) is 132 Å². The first-order valence-electron chi connectivity index (χ1n) is 10.2. The van der Waals surface area contributed by atoms with Crippen LogP contribution in [0.25, 0.3) is 22.3 Å². The SMILES string of the molecule is OC(/C(=C(/c1ccccc1)n1nnc2ccccc21)c1ccccc1)c1ccccc1. The second-order valence-corrected chi connectivity index (χ2v) is 7.30. The second kappa shape index (κ2) is 8.38. The molecule has 0 aliphatic carbocycles. The number of aromatic nitrogens is 3. The number of nitrogens with zero attached hydrogens (tertiary/aromatic N) is 3. The highest BCUT2D eigenvalue weighted by Crippen LogP contribution is 2.38. The van der Waals surface area contributed by atoms with Crippen molar-refractivity contribution >= 4 is 22.3 Å². The van der Waals surface area contributed by atoms with Crippen molar-refractivity contribution in [3.8, 4) is 0 Å². The lowest BCUT2D eigenvalue weighted by molar-refractivity contribution is 0.238. The quantitative estimate of drug-likeness (QED) is 0.390. The molecule has 5 rings (SSSR count). The highest BCUT2D eigenvalue weighted by molar-refractivity contribution is 5.95. The Bertz CT molecular complexity index is 1330. The Morgan fingerprint density at radius 2 is 1.19 bits per heavy atom. The zero-order chi connectivity index (χ0) is 21.0. The van der Waals surface area contributed by atoms with Crippen LogP contribution in [0.15, 0.2) is 115 Å². The van der Waals surface area contributed by atoms with Crippen molar-refractivity contribution in [3.63, 3.8) is 0 Å². The van der Waals surface area contributed by atoms with E-state index in [1.807, 2.05) is 120 Å². The molecule has 1 heterocycles. The van der Waals surface area contributed by atoms with Crippen molar-refractivity contribution in [2.24, 2.45) is 0 Å². The molecule has 0 aliphatic rings. The average Bonchev–Trinajstić information content (AvgIpc) is 3.27. The summed E-state index contributed by atoms with van der Waals surface area (Å²) in [5, 5.41) is 20.5. The third kappa shape index (κ3) is 3.65. The van der Waals surface area contributed by atoms with Gasteiger partial charge in [-0.2, -0.15) is 0 Å². The number of para-hydroxylation sites is 1. The lowest BCUT2D eigenvalue weighted by atomic mass is 9.91. The van der Waals surface area contributed by atoms with Crippen LogP contribution in [0.1, 0.15) is 22.8 Å². The van der Waals surface area contributed by atoms with Crippen molar-refractivity contribution < 1.29 is 5.11 Å². The summed E-state index contributed by atoms with van der Waals surface area (Å²) in [6, 6.07) is 37.6. The van der Waals surface area contributed by atoms with E-state index in [0.717, 1.165) is 39.0 Å². The lowest BCUT2D eigenvalue weighted by Gasteiger charge is -2.22. The molecule has 1 N–H and O–H groups in total. The van der Waals surface area contributed by atoms with Crippen LogP contribution in [0.3, 0.4) is 0 Å². The van der Waals surface area contributed by atoms with E-state index >= 15 is 0 Å². The van der Waals surface area contributed by atoms with Crippen LogP contribution in [-0.2, 0) is 0 Å². The maximum absolute atomic E-state index is 11.6. The summed E-state index contributed by atoms with van der Waals surface area (Å²) < 4.78 is 1.83. The number of benzene rings is 4. The fraction of sp³-hybridized carbons (Fsp3) is 0.0370. The van der Waals surface area contributed by atoms with Gasteiger partial charge in [-0.15, -0.1) is 5.10 Å². The predicted octanol–water partition coefficient (Wildman–Crippen LogP) is 5.58. The monoisotopic (exact) mass is 403 g/mol. The zero-order valence-electron chi connectivity index (χ0n) is 16.8. The molecule has 5 aromatic rings. The Hall–Kier alpha value is -4.02. The first kappa shape index (κ1) is 19.0. The maximum atomic E-state index is 11.6. The van der Waals surface area contributed by atoms with E-state index in [4.69, 9.17) is 0 Å². The summed E-state index contributed by atoms with van der Waals surface area (Å²) in [5.41, 5.74) is 5.96. The van der Waals surface area contributed by atoms with Crippen LogP contribution < -0.4 is 0 Å². The maximum Gasteiger partial charge on any atom is 0.113 e. The summed E-state index contributed by atoms with van der Waals surface area (Å²) in [4.78, 5) is 0. The smallest absolute Gasteiger partial charge is 0.113 e. The summed E-state index contributed by atoms with van der Waals surface area (Å²) in [5.74, 6) is 0. The van der Waals surface area contributed by atoms with Crippen LogP contribution in [0.2, 0.25) is 0 Å². The molecule has 0 aliphatic heterocycles. The number of hydrogen-bond acceptors (Lipinski definition) is 3. The number of hydrogen-bond donors (Lipinski definition) is 1. The summed E-state index contributed by atoms with van der Waals surface area (Å²) in [7, 11) is 0. The predicted molar refractivity (Wildman–Crippen MR) is 124 cm³/mol. The van der Waals surface area contributed by atoms with E-state index < -0.39 is 6.10 Å². The van der Waals surface area contributed by atoms with Gasteiger partial charge in [0.15, 0.2) is 0 Å². The van der Waals surface area contributed by atoms with Crippen LogP contribution in [0.4, 0.5) is 0 Å². The number of rotatable bonds is 5. The molecule has 0 bridgehead atoms. The van der Waals surface area contributed by atoms with E-state index in [0.29, 0.717) is 0 Å². The van der Waals surface area contributed by atoms with Gasteiger partial charge in [0.1, 0.15) is 11.6 Å². The molecule has 0 fully saturated rings. The topological polar surface area (TPSA) is 50.9 Å². The molecule has 1 aromatic heterocycles. The second-order valence-electron chi connectivity index (χ2n) is 7.30. The summed E-state index contributed by atoms with van der Waals surface area (Å²) >= 11 is 0. The Morgan fingerprint density at radius 1 is 0.645 bits per heavy atom. The molecule has 31 heavy (non-hydrogen) atoms. The third-order valence-corrected chi connectivity index (χ3v) is 5.34. The van der Waals surface area contributed by atoms with Gasteiger partial charge in [-0.05, 0) is 23.3 Å². The lowest BCUT2D eigenvalue weighted by Crippen LogP contribution is -2.10. The van der Waals surface area contributed by atoms with Gasteiger partial charge in [0.25, 0.3) is 0 Å². The summed E-state index contributed by atoms with van der Waals surface area (Å²) in [6.45, 7) is 0. The standard InChI is InChI=1S/C27H21N3O/c31-27(22-16-8-3-9-17-22)25(20-12-4-1-5-13-20)26(21-14-6-2-7-15-21)30-24-19-11-10-18-23(24)28-29-30/h1-19,27,31H/b26-25-. The van der Waals surface area contributed by atoms with Crippen LogP contribution >= 0.6 is 0 Å². The van der Waals surface area contributed by atoms with Gasteiger partial charge in [0, 0.05) is 11.1 Å². The van der Waals surface area contributed by atoms with Gasteiger partial charge >= 0.3 is 0 Å². The molecule has 0 saturated heterocycles. The van der Waals surface area contributed by atoms with E-state index in [9.17, 15) is 5.11 Å². The molecular formula is C27H21N3O. The molecule has 0 radical (unpaired) electrons. The Morgan fingerprint density at radius 3 is 1.87 bits per heavy atom. The highest BCUT2D eigenvalue weighted by Gasteiger charge is 2.24. The number of aliphatic hydroxyl groups excluding tert-OH is 1. The Kier molecular flexibility index (Phi) is 5.13. The highest BCUT2D eigenvalue weighted by atomic mass is 16.3. The largest absolute Gasteiger partial charge is 0.384 e. The van der Waals surface area contributed by atoms with Gasteiger partial charge in [0.2, 0.25) is 0 Å². The van der Waals surface area contributed by atoms with Gasteiger partial charge in [-0.3, -0.25) is 0 Å². The minimum Gasteiger partial charge on any atom is -0.384 e. The molecule has 4 heteroatoms. The van der Waals surface area contributed by atoms with Gasteiger partial charge < -0.3 is 5.11 Å². The molecule has 0 saturated carbocycles. The minimum absolute atomic E-state index is 0.772.